The predicted octanol–water partition coefficient (Wildman–Crippen LogP) is 6.01. The molecule has 2 aromatic carbocycles. The lowest BCUT2D eigenvalue weighted by atomic mass is 10.3. The van der Waals surface area contributed by atoms with Crippen molar-refractivity contribution in [2.24, 2.45) is 0 Å². The van der Waals surface area contributed by atoms with Crippen LogP contribution in [-0.2, 0) is 4.79 Å². The van der Waals surface area contributed by atoms with Gasteiger partial charge in [0, 0.05) is 18.1 Å². The molecule has 3 aromatic rings. The van der Waals surface area contributed by atoms with Gasteiger partial charge in [0.1, 0.15) is 11.3 Å². The van der Waals surface area contributed by atoms with E-state index in [-0.39, 0.29) is 12.5 Å². The van der Waals surface area contributed by atoms with Gasteiger partial charge < -0.3 is 9.64 Å². The molecule has 5 nitrogen and oxygen atoms in total. The molecule has 0 spiro atoms. The number of carbonyl (C=O) groups is 1. The van der Waals surface area contributed by atoms with E-state index >= 15 is 0 Å². The van der Waals surface area contributed by atoms with Crippen LogP contribution in [0.15, 0.2) is 36.4 Å². The van der Waals surface area contributed by atoms with E-state index < -0.39 is 0 Å². The summed E-state index contributed by atoms with van der Waals surface area (Å²) in [5, 5.41) is 2.03. The minimum absolute atomic E-state index is 0.163. The van der Waals surface area contributed by atoms with Crippen molar-refractivity contribution < 1.29 is 9.53 Å². The van der Waals surface area contributed by atoms with Crippen molar-refractivity contribution in [3.05, 3.63) is 51.5 Å². The first-order valence-electron chi connectivity index (χ1n) is 9.58. The standard InChI is InChI=1S/C21H22Cl3N3O2S/c1-3-26(4-2)10-11-27(21-25-20-15(23)6-5-7-18(20)30-21)19(28)13-29-17-9-8-14(22)12-16(17)24/h5-9,12H,3-4,10-11,13H2,1-2H3. The molecule has 30 heavy (non-hydrogen) atoms. The number of ether oxygens (including phenoxy) is 1. The number of halogens is 3. The molecule has 0 N–H and O–H groups in total. The van der Waals surface area contributed by atoms with Crippen LogP contribution >= 0.6 is 46.1 Å². The van der Waals surface area contributed by atoms with Crippen molar-refractivity contribution in [2.75, 3.05) is 37.7 Å². The lowest BCUT2D eigenvalue weighted by Gasteiger charge is -2.24. The fourth-order valence-corrected chi connectivity index (χ4v) is 4.71. The Balaban J connectivity index is 1.82. The van der Waals surface area contributed by atoms with Crippen LogP contribution in [0.3, 0.4) is 0 Å². The molecule has 1 amide bonds. The van der Waals surface area contributed by atoms with E-state index in [0.717, 1.165) is 24.3 Å². The van der Waals surface area contributed by atoms with Crippen molar-refractivity contribution in [3.63, 3.8) is 0 Å². The highest BCUT2D eigenvalue weighted by atomic mass is 35.5. The summed E-state index contributed by atoms with van der Waals surface area (Å²) < 4.78 is 6.60. The Hall–Kier alpha value is -1.57. The molecule has 0 saturated heterocycles. The molecule has 1 heterocycles. The van der Waals surface area contributed by atoms with Crippen LogP contribution in [0.1, 0.15) is 13.8 Å². The number of para-hydroxylation sites is 1. The fraction of sp³-hybridized carbons (Fsp3) is 0.333. The molecule has 0 saturated carbocycles. The molecule has 0 unspecified atom stereocenters. The fourth-order valence-electron chi connectivity index (χ4n) is 2.94. The molecule has 0 radical (unpaired) electrons. The second kappa shape index (κ2) is 10.6. The van der Waals surface area contributed by atoms with E-state index in [9.17, 15) is 4.79 Å². The average Bonchev–Trinajstić information content (AvgIpc) is 3.16. The zero-order valence-corrected chi connectivity index (χ0v) is 19.8. The van der Waals surface area contributed by atoms with Gasteiger partial charge in [0.15, 0.2) is 11.7 Å². The first kappa shape index (κ1) is 23.1. The summed E-state index contributed by atoms with van der Waals surface area (Å²) in [7, 11) is 0. The van der Waals surface area contributed by atoms with E-state index in [1.54, 1.807) is 29.2 Å². The van der Waals surface area contributed by atoms with Gasteiger partial charge in [-0.05, 0) is 43.4 Å². The van der Waals surface area contributed by atoms with Gasteiger partial charge in [0.2, 0.25) is 0 Å². The van der Waals surface area contributed by atoms with Crippen LogP contribution in [0, 0.1) is 0 Å². The smallest absolute Gasteiger partial charge is 0.266 e. The highest BCUT2D eigenvalue weighted by molar-refractivity contribution is 7.22. The number of likely N-dealkylation sites (N-methyl/N-ethyl adjacent to an activating group) is 1. The number of thiazole rings is 1. The van der Waals surface area contributed by atoms with E-state index in [2.05, 4.69) is 23.7 Å². The van der Waals surface area contributed by atoms with E-state index in [4.69, 9.17) is 39.5 Å². The Bertz CT molecular complexity index is 1020. The molecule has 0 aliphatic heterocycles. The zero-order valence-electron chi connectivity index (χ0n) is 16.7. The molecular weight excluding hydrogens is 465 g/mol. The topological polar surface area (TPSA) is 45.7 Å². The number of fused-ring (bicyclic) bond motifs is 1. The van der Waals surface area contributed by atoms with Crippen molar-refractivity contribution in [2.45, 2.75) is 13.8 Å². The second-order valence-corrected chi connectivity index (χ2v) is 8.78. The van der Waals surface area contributed by atoms with Crippen LogP contribution in [0.4, 0.5) is 5.13 Å². The van der Waals surface area contributed by atoms with E-state index in [1.165, 1.54) is 11.3 Å². The molecule has 0 aliphatic rings. The number of rotatable bonds is 9. The summed E-state index contributed by atoms with van der Waals surface area (Å²) in [6.07, 6.45) is 0. The monoisotopic (exact) mass is 485 g/mol. The van der Waals surface area contributed by atoms with Crippen LogP contribution < -0.4 is 9.64 Å². The molecule has 0 atom stereocenters. The van der Waals surface area contributed by atoms with Gasteiger partial charge in [-0.15, -0.1) is 0 Å². The number of carbonyl (C=O) groups excluding carboxylic acids is 1. The summed E-state index contributed by atoms with van der Waals surface area (Å²) in [6.45, 7) is 7.06. The Morgan fingerprint density at radius 2 is 1.83 bits per heavy atom. The van der Waals surface area contributed by atoms with Gasteiger partial charge in [-0.3, -0.25) is 9.69 Å². The molecule has 9 heteroatoms. The molecule has 0 bridgehead atoms. The maximum atomic E-state index is 13.1. The number of nitrogens with zero attached hydrogens (tertiary/aromatic N) is 3. The maximum Gasteiger partial charge on any atom is 0.266 e. The third-order valence-corrected chi connectivity index (χ3v) is 6.55. The molecular formula is C21H22Cl3N3O2S. The highest BCUT2D eigenvalue weighted by Crippen LogP contribution is 2.33. The quantitative estimate of drug-likeness (QED) is 0.371. The molecule has 1 aromatic heterocycles. The zero-order chi connectivity index (χ0) is 21.7. The summed E-state index contributed by atoms with van der Waals surface area (Å²) in [6, 6.07) is 10.5. The minimum Gasteiger partial charge on any atom is -0.482 e. The van der Waals surface area contributed by atoms with Gasteiger partial charge in [-0.25, -0.2) is 4.98 Å². The van der Waals surface area contributed by atoms with Crippen LogP contribution in [0.25, 0.3) is 10.2 Å². The van der Waals surface area contributed by atoms with Gasteiger partial charge in [-0.1, -0.05) is 66.1 Å². The van der Waals surface area contributed by atoms with Gasteiger partial charge in [0.05, 0.1) is 14.7 Å². The molecule has 0 fully saturated rings. The first-order chi connectivity index (χ1) is 14.4. The second-order valence-electron chi connectivity index (χ2n) is 6.52. The summed E-state index contributed by atoms with van der Waals surface area (Å²) in [4.78, 5) is 21.6. The third-order valence-electron chi connectivity index (χ3n) is 4.67. The lowest BCUT2D eigenvalue weighted by Crippen LogP contribution is -2.41. The van der Waals surface area contributed by atoms with Crippen LogP contribution in [0.2, 0.25) is 15.1 Å². The van der Waals surface area contributed by atoms with Crippen molar-refractivity contribution in [3.8, 4) is 5.75 Å². The molecule has 0 aliphatic carbocycles. The lowest BCUT2D eigenvalue weighted by molar-refractivity contribution is -0.120. The number of anilines is 1. The summed E-state index contributed by atoms with van der Waals surface area (Å²) in [5.41, 5.74) is 0.696. The Morgan fingerprint density at radius 3 is 2.50 bits per heavy atom. The van der Waals surface area contributed by atoms with Crippen molar-refractivity contribution in [1.29, 1.82) is 0 Å². The largest absolute Gasteiger partial charge is 0.482 e. The number of benzene rings is 2. The number of hydrogen-bond donors (Lipinski definition) is 0. The predicted molar refractivity (Wildman–Crippen MR) is 127 cm³/mol. The molecule has 3 rings (SSSR count). The summed E-state index contributed by atoms with van der Waals surface area (Å²) in [5.74, 6) is 0.203. The number of aromatic nitrogens is 1. The van der Waals surface area contributed by atoms with Crippen LogP contribution in [0.5, 0.6) is 5.75 Å². The number of amides is 1. The van der Waals surface area contributed by atoms with E-state index in [1.807, 2.05) is 12.1 Å². The van der Waals surface area contributed by atoms with Gasteiger partial charge in [0.25, 0.3) is 5.91 Å². The van der Waals surface area contributed by atoms with Gasteiger partial charge in [-0.2, -0.15) is 0 Å². The molecule has 160 valence electrons. The minimum atomic E-state index is -0.205. The highest BCUT2D eigenvalue weighted by Gasteiger charge is 2.22. The van der Waals surface area contributed by atoms with Crippen molar-refractivity contribution >= 4 is 67.4 Å². The number of hydrogen-bond acceptors (Lipinski definition) is 5. The maximum absolute atomic E-state index is 13.1. The Labute approximate surface area is 195 Å². The van der Waals surface area contributed by atoms with Gasteiger partial charge >= 0.3 is 0 Å². The third kappa shape index (κ3) is 5.56. The normalized spacial score (nSPS) is 11.3. The van der Waals surface area contributed by atoms with E-state index in [0.29, 0.717) is 38.0 Å². The Kier molecular flexibility index (Phi) is 8.20. The first-order valence-corrected chi connectivity index (χ1v) is 11.5. The average molecular weight is 487 g/mol. The SMILES string of the molecule is CCN(CC)CCN(C(=O)COc1ccc(Cl)cc1Cl)c1nc2c(Cl)cccc2s1. The van der Waals surface area contributed by atoms with Crippen molar-refractivity contribution in [1.82, 2.24) is 9.88 Å². The summed E-state index contributed by atoms with van der Waals surface area (Å²) >= 11 is 19.8. The van der Waals surface area contributed by atoms with Crippen LogP contribution in [-0.4, -0.2) is 48.6 Å². The Morgan fingerprint density at radius 1 is 1.07 bits per heavy atom.